The van der Waals surface area contributed by atoms with Gasteiger partial charge in [-0.1, -0.05) is 0 Å². The minimum Gasteiger partial charge on any atom is 0.0573 e. The van der Waals surface area contributed by atoms with Gasteiger partial charge in [0.15, 0.2) is 22.0 Å². The third-order valence-corrected chi connectivity index (χ3v) is 5.41. The standard InChI is InChI=1S/C3H7IP/c1-5(4)2-3-5/h2-3H2,1H3/q+1. The Labute approximate surface area is 46.2 Å². The Bertz CT molecular complexity index is 44.9. The first-order valence-electron chi connectivity index (χ1n) is 1.75. The van der Waals surface area contributed by atoms with E-state index in [1.807, 2.05) is 0 Å². The Hall–Kier alpha value is 1.16. The van der Waals surface area contributed by atoms with Crippen molar-refractivity contribution in [3.05, 3.63) is 0 Å². The van der Waals surface area contributed by atoms with Gasteiger partial charge in [-0.05, 0) is 0 Å². The molecule has 30 valence electrons. The molecule has 0 aromatic heterocycles. The van der Waals surface area contributed by atoms with E-state index in [1.54, 1.807) is 12.3 Å². The third kappa shape index (κ3) is 1.36. The van der Waals surface area contributed by atoms with Crippen LogP contribution in [0.25, 0.3) is 0 Å². The van der Waals surface area contributed by atoms with Gasteiger partial charge in [0.25, 0.3) is 0 Å². The summed E-state index contributed by atoms with van der Waals surface area (Å²) in [6.45, 7) is 2.40. The largest absolute Gasteiger partial charge is 0.154 e. The zero-order valence-corrected chi connectivity index (χ0v) is 6.29. The molecule has 1 aliphatic rings. The zero-order chi connectivity index (χ0) is 3.91. The lowest BCUT2D eigenvalue weighted by Crippen LogP contribution is -1.37. The van der Waals surface area contributed by atoms with Crippen LogP contribution in [0.5, 0.6) is 0 Å². The number of hydrogen-bond acceptors (Lipinski definition) is 0. The van der Waals surface area contributed by atoms with Crippen LogP contribution in [-0.4, -0.2) is 19.0 Å². The molecule has 0 radical (unpaired) electrons. The van der Waals surface area contributed by atoms with E-state index in [4.69, 9.17) is 0 Å². The van der Waals surface area contributed by atoms with Crippen molar-refractivity contribution in [3.8, 4) is 0 Å². The van der Waals surface area contributed by atoms with E-state index >= 15 is 0 Å². The van der Waals surface area contributed by atoms with Crippen LogP contribution < -0.4 is 0 Å². The average molecular weight is 201 g/mol. The summed E-state index contributed by atoms with van der Waals surface area (Å²) in [6, 6.07) is 0. The summed E-state index contributed by atoms with van der Waals surface area (Å²) < 4.78 is 0. The SMILES string of the molecule is C[P+]1(I)CC1. The van der Waals surface area contributed by atoms with Gasteiger partial charge in [0.1, 0.15) is 12.3 Å². The van der Waals surface area contributed by atoms with E-state index in [2.05, 4.69) is 28.7 Å². The molecule has 0 aliphatic carbocycles. The fourth-order valence-corrected chi connectivity index (χ4v) is 3.18. The van der Waals surface area contributed by atoms with Gasteiger partial charge in [0, 0.05) is 0 Å². The van der Waals surface area contributed by atoms with Crippen molar-refractivity contribution in [3.63, 3.8) is 0 Å². The fourth-order valence-electron chi connectivity index (χ4n) is 0.138. The zero-order valence-electron chi connectivity index (χ0n) is 3.24. The van der Waals surface area contributed by atoms with Gasteiger partial charge in [-0.2, -0.15) is 0 Å². The van der Waals surface area contributed by atoms with Crippen molar-refractivity contribution in [1.82, 2.24) is 0 Å². The molecule has 0 bridgehead atoms. The van der Waals surface area contributed by atoms with Gasteiger partial charge in [-0.25, -0.2) is 0 Å². The molecule has 1 aliphatic heterocycles. The highest BCUT2D eigenvalue weighted by Crippen LogP contribution is 2.76. The predicted molar refractivity (Wildman–Crippen MR) is 36.6 cm³/mol. The topological polar surface area (TPSA) is 0 Å². The van der Waals surface area contributed by atoms with E-state index in [0.29, 0.717) is 0 Å². The molecule has 0 aromatic rings. The lowest BCUT2D eigenvalue weighted by Gasteiger charge is -1.72. The molecule has 1 saturated heterocycles. The molecule has 5 heavy (non-hydrogen) atoms. The lowest BCUT2D eigenvalue weighted by molar-refractivity contribution is 1.75. The van der Waals surface area contributed by atoms with Crippen LogP contribution in [0.4, 0.5) is 0 Å². The van der Waals surface area contributed by atoms with Crippen LogP contribution in [0.3, 0.4) is 0 Å². The molecular weight excluding hydrogens is 194 g/mol. The normalized spacial score (nSPS) is 30.0. The van der Waals surface area contributed by atoms with Gasteiger partial charge in [-0.15, -0.1) is 0 Å². The van der Waals surface area contributed by atoms with E-state index in [1.165, 1.54) is 0 Å². The lowest BCUT2D eigenvalue weighted by atomic mass is 11.0. The smallest absolute Gasteiger partial charge is 0.0573 e. The highest BCUT2D eigenvalue weighted by Gasteiger charge is 2.44. The van der Waals surface area contributed by atoms with Crippen LogP contribution in [0.15, 0.2) is 0 Å². The highest BCUT2D eigenvalue weighted by atomic mass is 127. The van der Waals surface area contributed by atoms with Crippen LogP contribution in [0.1, 0.15) is 0 Å². The summed E-state index contributed by atoms with van der Waals surface area (Å²) in [7, 11) is 0. The summed E-state index contributed by atoms with van der Waals surface area (Å²) in [4.78, 5) is -0.169. The first-order valence-corrected chi connectivity index (χ1v) is 7.14. The minimum atomic E-state index is -0.169. The van der Waals surface area contributed by atoms with Crippen molar-refractivity contribution in [1.29, 1.82) is 0 Å². The van der Waals surface area contributed by atoms with Crippen LogP contribution in [0.2, 0.25) is 0 Å². The molecule has 0 N–H and O–H groups in total. The molecule has 0 saturated carbocycles. The maximum Gasteiger partial charge on any atom is 0.154 e. The van der Waals surface area contributed by atoms with Gasteiger partial charge in [-0.3, -0.25) is 0 Å². The van der Waals surface area contributed by atoms with Crippen molar-refractivity contribution in [2.24, 2.45) is 0 Å². The first-order chi connectivity index (χ1) is 2.21. The maximum atomic E-state index is 2.60. The van der Waals surface area contributed by atoms with Crippen LogP contribution in [-0.2, 0) is 0 Å². The van der Waals surface area contributed by atoms with Crippen molar-refractivity contribution in [2.45, 2.75) is 0 Å². The Kier molecular flexibility index (Phi) is 0.920. The van der Waals surface area contributed by atoms with Crippen molar-refractivity contribution in [2.75, 3.05) is 19.0 Å². The number of halogens is 1. The highest BCUT2D eigenvalue weighted by molar-refractivity contribution is 14.2. The van der Waals surface area contributed by atoms with Crippen molar-refractivity contribution < 1.29 is 0 Å². The molecule has 0 aromatic carbocycles. The summed E-state index contributed by atoms with van der Waals surface area (Å²) >= 11 is 2.60. The third-order valence-electron chi connectivity index (χ3n) is 0.840. The molecule has 0 nitrogen and oxygen atoms in total. The quantitative estimate of drug-likeness (QED) is 0.415. The fraction of sp³-hybridized carbons (Fsp3) is 1.00. The van der Waals surface area contributed by atoms with Gasteiger partial charge in [0.2, 0.25) is 0 Å². The second-order valence-corrected chi connectivity index (χ2v) is 12.1. The van der Waals surface area contributed by atoms with E-state index in [9.17, 15) is 0 Å². The molecule has 0 amide bonds. The molecule has 1 rings (SSSR count). The van der Waals surface area contributed by atoms with E-state index in [0.717, 1.165) is 0 Å². The summed E-state index contributed by atoms with van der Waals surface area (Å²) in [6.07, 6.45) is 3.10. The number of rotatable bonds is 0. The molecule has 0 atom stereocenters. The second-order valence-electron chi connectivity index (χ2n) is 1.71. The molecule has 0 spiro atoms. The van der Waals surface area contributed by atoms with Crippen LogP contribution >= 0.6 is 26.9 Å². The first kappa shape index (κ1) is 4.32. The maximum absolute atomic E-state index is 2.60. The Balaban J connectivity index is 2.38. The van der Waals surface area contributed by atoms with Gasteiger partial charge in [0.05, 0.1) is 11.6 Å². The van der Waals surface area contributed by atoms with Crippen molar-refractivity contribution >= 4 is 26.9 Å². The summed E-state index contributed by atoms with van der Waals surface area (Å²) in [5, 5.41) is 0. The molecule has 1 heterocycles. The Morgan fingerprint density at radius 3 is 1.80 bits per heavy atom. The average Bonchev–Trinajstić information content (AvgIpc) is 1.76. The predicted octanol–water partition coefficient (Wildman–Crippen LogP) is 2.00. The number of hydrogen-bond donors (Lipinski definition) is 0. The monoisotopic (exact) mass is 201 g/mol. The van der Waals surface area contributed by atoms with Gasteiger partial charge < -0.3 is 0 Å². The summed E-state index contributed by atoms with van der Waals surface area (Å²) in [5.74, 6) is 0. The van der Waals surface area contributed by atoms with E-state index in [-0.39, 0.29) is 4.90 Å². The molecule has 2 heteroatoms. The van der Waals surface area contributed by atoms with Crippen LogP contribution in [0, 0.1) is 0 Å². The van der Waals surface area contributed by atoms with E-state index < -0.39 is 0 Å². The minimum absolute atomic E-state index is 0.169. The second kappa shape index (κ2) is 1.06. The van der Waals surface area contributed by atoms with Gasteiger partial charge >= 0.3 is 0 Å². The molecule has 1 fully saturated rings. The molecular formula is C3H7IP+. The summed E-state index contributed by atoms with van der Waals surface area (Å²) in [5.41, 5.74) is 0. The molecule has 0 unspecified atom stereocenters. The Morgan fingerprint density at radius 1 is 1.60 bits per heavy atom. The Morgan fingerprint density at radius 2 is 1.80 bits per heavy atom.